The molecular weight excluding hydrogens is 220 g/mol. The lowest BCUT2D eigenvalue weighted by Gasteiger charge is -2.29. The Morgan fingerprint density at radius 2 is 1.72 bits per heavy atom. The summed E-state index contributed by atoms with van der Waals surface area (Å²) in [5, 5.41) is 0. The molecule has 1 aromatic carbocycles. The van der Waals surface area contributed by atoms with Crippen LogP contribution in [0.1, 0.15) is 48.1 Å². The smallest absolute Gasteiger partial charge is 0.0470 e. The second-order valence-electron chi connectivity index (χ2n) is 5.38. The highest BCUT2D eigenvalue weighted by Crippen LogP contribution is 2.25. The summed E-state index contributed by atoms with van der Waals surface area (Å²) in [7, 11) is 2.18. The van der Waals surface area contributed by atoms with E-state index in [0.717, 1.165) is 6.54 Å². The van der Waals surface area contributed by atoms with Crippen LogP contribution in [0.2, 0.25) is 0 Å². The van der Waals surface area contributed by atoms with Crippen LogP contribution in [0, 0.1) is 20.8 Å². The summed E-state index contributed by atoms with van der Waals surface area (Å²) in [5.74, 6) is 0. The predicted octanol–water partition coefficient (Wildman–Crippen LogP) is 3.34. The van der Waals surface area contributed by atoms with Crippen molar-refractivity contribution >= 4 is 0 Å². The van der Waals surface area contributed by atoms with Gasteiger partial charge in [-0.2, -0.15) is 0 Å². The van der Waals surface area contributed by atoms with Crippen LogP contribution in [-0.2, 0) is 0 Å². The summed E-state index contributed by atoms with van der Waals surface area (Å²) in [6, 6.07) is 4.93. The number of aryl methyl sites for hydroxylation is 3. The lowest BCUT2D eigenvalue weighted by molar-refractivity contribution is 0.246. The third-order valence-electron chi connectivity index (χ3n) is 3.86. The lowest BCUT2D eigenvalue weighted by atomic mass is 9.95. The number of nitrogens with zero attached hydrogens (tertiary/aromatic N) is 1. The predicted molar refractivity (Wildman–Crippen MR) is 80.0 cm³/mol. The molecule has 0 aromatic heterocycles. The minimum absolute atomic E-state index is 0.343. The van der Waals surface area contributed by atoms with Gasteiger partial charge in [0.2, 0.25) is 0 Å². The van der Waals surface area contributed by atoms with Crippen molar-refractivity contribution in [2.75, 3.05) is 20.1 Å². The molecule has 18 heavy (non-hydrogen) atoms. The highest BCUT2D eigenvalue weighted by atomic mass is 15.1. The van der Waals surface area contributed by atoms with Crippen molar-refractivity contribution in [3.63, 3.8) is 0 Å². The molecule has 0 aliphatic carbocycles. The maximum absolute atomic E-state index is 5.99. The molecule has 2 N–H and O–H groups in total. The van der Waals surface area contributed by atoms with E-state index < -0.39 is 0 Å². The number of rotatable bonds is 6. The molecule has 1 aromatic rings. The van der Waals surface area contributed by atoms with Crippen LogP contribution in [0.25, 0.3) is 0 Å². The molecule has 0 saturated heterocycles. The number of hydrogen-bond acceptors (Lipinski definition) is 2. The number of hydrogen-bond donors (Lipinski definition) is 1. The third-order valence-corrected chi connectivity index (χ3v) is 3.86. The quantitative estimate of drug-likeness (QED) is 0.836. The SMILES string of the molecule is CCCCN(C)C(CN)c1cc(C)c(C)cc1C. The van der Waals surface area contributed by atoms with E-state index in [1.54, 1.807) is 0 Å². The molecule has 0 saturated carbocycles. The van der Waals surface area contributed by atoms with Gasteiger partial charge in [-0.25, -0.2) is 0 Å². The Kier molecular flexibility index (Phi) is 5.83. The van der Waals surface area contributed by atoms with Crippen LogP contribution in [0.5, 0.6) is 0 Å². The van der Waals surface area contributed by atoms with E-state index in [9.17, 15) is 0 Å². The van der Waals surface area contributed by atoms with Gasteiger partial charge in [0.1, 0.15) is 0 Å². The van der Waals surface area contributed by atoms with Gasteiger partial charge in [-0.3, -0.25) is 4.90 Å². The van der Waals surface area contributed by atoms with Crippen molar-refractivity contribution in [3.8, 4) is 0 Å². The van der Waals surface area contributed by atoms with E-state index in [0.29, 0.717) is 12.6 Å². The topological polar surface area (TPSA) is 29.3 Å². The Morgan fingerprint density at radius 1 is 1.11 bits per heavy atom. The van der Waals surface area contributed by atoms with Gasteiger partial charge in [-0.15, -0.1) is 0 Å². The Bertz CT molecular complexity index is 385. The Morgan fingerprint density at radius 3 is 2.28 bits per heavy atom. The first kappa shape index (κ1) is 15.2. The monoisotopic (exact) mass is 248 g/mol. The van der Waals surface area contributed by atoms with Crippen molar-refractivity contribution in [3.05, 3.63) is 34.4 Å². The second kappa shape index (κ2) is 6.91. The van der Waals surface area contributed by atoms with E-state index in [1.807, 2.05) is 0 Å². The normalized spacial score (nSPS) is 13.1. The van der Waals surface area contributed by atoms with Crippen LogP contribution in [0.4, 0.5) is 0 Å². The van der Waals surface area contributed by atoms with Crippen molar-refractivity contribution in [1.29, 1.82) is 0 Å². The maximum atomic E-state index is 5.99. The van der Waals surface area contributed by atoms with Gasteiger partial charge < -0.3 is 5.73 Å². The molecule has 0 radical (unpaired) electrons. The molecule has 102 valence electrons. The molecule has 1 atom stereocenters. The standard InChI is InChI=1S/C16H28N2/c1-6-7-8-18(5)16(11-17)15-10-13(3)12(2)9-14(15)4/h9-10,16H,6-8,11,17H2,1-5H3. The van der Waals surface area contributed by atoms with E-state index in [-0.39, 0.29) is 0 Å². The largest absolute Gasteiger partial charge is 0.329 e. The molecule has 1 rings (SSSR count). The summed E-state index contributed by atoms with van der Waals surface area (Å²) < 4.78 is 0. The van der Waals surface area contributed by atoms with Gasteiger partial charge in [0, 0.05) is 12.6 Å². The summed E-state index contributed by atoms with van der Waals surface area (Å²) in [6.07, 6.45) is 2.46. The fraction of sp³-hybridized carbons (Fsp3) is 0.625. The fourth-order valence-electron chi connectivity index (χ4n) is 2.45. The third kappa shape index (κ3) is 3.56. The summed E-state index contributed by atoms with van der Waals surface area (Å²) >= 11 is 0. The summed E-state index contributed by atoms with van der Waals surface area (Å²) in [4.78, 5) is 2.39. The van der Waals surface area contributed by atoms with Crippen LogP contribution in [0.15, 0.2) is 12.1 Å². The van der Waals surface area contributed by atoms with E-state index >= 15 is 0 Å². The molecule has 2 nitrogen and oxygen atoms in total. The van der Waals surface area contributed by atoms with Crippen LogP contribution >= 0.6 is 0 Å². The van der Waals surface area contributed by atoms with Crippen molar-refractivity contribution < 1.29 is 0 Å². The maximum Gasteiger partial charge on any atom is 0.0470 e. The van der Waals surface area contributed by atoms with E-state index in [1.165, 1.54) is 35.1 Å². The van der Waals surface area contributed by atoms with Gasteiger partial charge in [0.05, 0.1) is 0 Å². The number of nitrogens with two attached hydrogens (primary N) is 1. The number of unbranched alkanes of at least 4 members (excludes halogenated alkanes) is 1. The fourth-order valence-corrected chi connectivity index (χ4v) is 2.45. The van der Waals surface area contributed by atoms with Crippen molar-refractivity contribution in [2.24, 2.45) is 5.73 Å². The zero-order chi connectivity index (χ0) is 13.7. The Labute approximate surface area is 112 Å². The van der Waals surface area contributed by atoms with Crippen molar-refractivity contribution in [1.82, 2.24) is 4.90 Å². The molecule has 0 aliphatic rings. The molecule has 0 bridgehead atoms. The molecule has 0 amide bonds. The average molecular weight is 248 g/mol. The first-order valence-electron chi connectivity index (χ1n) is 6.99. The van der Waals surface area contributed by atoms with Crippen molar-refractivity contribution in [2.45, 2.75) is 46.6 Å². The molecule has 1 unspecified atom stereocenters. The summed E-state index contributed by atoms with van der Waals surface area (Å²) in [5.41, 5.74) is 11.5. The number of likely N-dealkylation sites (N-methyl/N-ethyl adjacent to an activating group) is 1. The van der Waals surface area contributed by atoms with Gasteiger partial charge in [0.25, 0.3) is 0 Å². The minimum atomic E-state index is 0.343. The minimum Gasteiger partial charge on any atom is -0.329 e. The highest BCUT2D eigenvalue weighted by molar-refractivity contribution is 5.38. The van der Waals surface area contributed by atoms with Crippen LogP contribution < -0.4 is 5.73 Å². The van der Waals surface area contributed by atoms with Gasteiger partial charge in [-0.1, -0.05) is 25.5 Å². The average Bonchev–Trinajstić information content (AvgIpc) is 2.33. The van der Waals surface area contributed by atoms with Gasteiger partial charge >= 0.3 is 0 Å². The lowest BCUT2D eigenvalue weighted by Crippen LogP contribution is -2.32. The number of benzene rings is 1. The molecule has 0 fully saturated rings. The van der Waals surface area contributed by atoms with E-state index in [4.69, 9.17) is 5.73 Å². The van der Waals surface area contributed by atoms with Crippen LogP contribution in [0.3, 0.4) is 0 Å². The molecule has 0 spiro atoms. The molecular formula is C16H28N2. The zero-order valence-electron chi connectivity index (χ0n) is 12.6. The molecule has 2 heteroatoms. The highest BCUT2D eigenvalue weighted by Gasteiger charge is 2.17. The van der Waals surface area contributed by atoms with Gasteiger partial charge in [0.15, 0.2) is 0 Å². The Balaban J connectivity index is 2.97. The van der Waals surface area contributed by atoms with Gasteiger partial charge in [-0.05, 0) is 63.0 Å². The molecule has 0 aliphatic heterocycles. The molecule has 0 heterocycles. The zero-order valence-corrected chi connectivity index (χ0v) is 12.6. The first-order valence-corrected chi connectivity index (χ1v) is 6.99. The van der Waals surface area contributed by atoms with Crippen LogP contribution in [-0.4, -0.2) is 25.0 Å². The first-order chi connectivity index (χ1) is 8.51. The van der Waals surface area contributed by atoms with E-state index in [2.05, 4.69) is 51.8 Å². The second-order valence-corrected chi connectivity index (χ2v) is 5.38. The summed E-state index contributed by atoms with van der Waals surface area (Å²) in [6.45, 7) is 10.6. The Hall–Kier alpha value is -0.860.